The molecule has 0 saturated carbocycles. The van der Waals surface area contributed by atoms with E-state index in [0.717, 1.165) is 17.8 Å². The highest BCUT2D eigenvalue weighted by Crippen LogP contribution is 2.19. The minimum atomic E-state index is -0.665. The number of benzene rings is 1. The van der Waals surface area contributed by atoms with Gasteiger partial charge in [-0.2, -0.15) is 0 Å². The minimum Gasteiger partial charge on any atom is -0.462 e. The van der Waals surface area contributed by atoms with E-state index in [4.69, 9.17) is 9.15 Å². The lowest BCUT2D eigenvalue weighted by Crippen LogP contribution is -2.16. The molecule has 2 aromatic heterocycles. The van der Waals surface area contributed by atoms with Gasteiger partial charge in [0, 0.05) is 18.4 Å². The Kier molecular flexibility index (Phi) is 6.36. The van der Waals surface area contributed by atoms with Crippen LogP contribution in [0.4, 0.5) is 11.6 Å². The number of nitrogens with one attached hydrogen (secondary N) is 1. The van der Waals surface area contributed by atoms with E-state index >= 15 is 0 Å². The van der Waals surface area contributed by atoms with Crippen LogP contribution in [0.3, 0.4) is 0 Å². The SMILES string of the molecule is CCOC(=O)c1cnc(Nc2ccc(CN(C)C)cc2)nc1C(=O)c1ccco1. The fraction of sp³-hybridized carbons (Fsp3) is 0.238. The summed E-state index contributed by atoms with van der Waals surface area (Å²) in [5.41, 5.74) is 1.82. The molecule has 0 amide bonds. The van der Waals surface area contributed by atoms with E-state index in [1.807, 2.05) is 38.4 Å². The number of aromatic nitrogens is 2. The van der Waals surface area contributed by atoms with Crippen molar-refractivity contribution >= 4 is 23.4 Å². The maximum atomic E-state index is 12.8. The van der Waals surface area contributed by atoms with Crippen LogP contribution < -0.4 is 5.32 Å². The zero-order valence-corrected chi connectivity index (χ0v) is 16.5. The van der Waals surface area contributed by atoms with Gasteiger partial charge in [-0.15, -0.1) is 0 Å². The third kappa shape index (κ3) is 5.05. The summed E-state index contributed by atoms with van der Waals surface area (Å²) in [7, 11) is 4.01. The van der Waals surface area contributed by atoms with Gasteiger partial charge in [-0.3, -0.25) is 4.79 Å². The Morgan fingerprint density at radius 3 is 2.55 bits per heavy atom. The first-order valence-corrected chi connectivity index (χ1v) is 9.11. The quantitative estimate of drug-likeness (QED) is 0.459. The van der Waals surface area contributed by atoms with Gasteiger partial charge in [-0.25, -0.2) is 14.8 Å². The van der Waals surface area contributed by atoms with Crippen molar-refractivity contribution in [3.05, 3.63) is 71.4 Å². The van der Waals surface area contributed by atoms with Crippen molar-refractivity contribution in [1.82, 2.24) is 14.9 Å². The molecular formula is C21H22N4O4. The molecule has 0 atom stereocenters. The fourth-order valence-electron chi connectivity index (χ4n) is 2.69. The Morgan fingerprint density at radius 1 is 1.17 bits per heavy atom. The van der Waals surface area contributed by atoms with Crippen LogP contribution in [0.15, 0.2) is 53.3 Å². The van der Waals surface area contributed by atoms with Gasteiger partial charge in [0.2, 0.25) is 11.7 Å². The maximum absolute atomic E-state index is 12.8. The van der Waals surface area contributed by atoms with E-state index < -0.39 is 11.8 Å². The third-order valence-electron chi connectivity index (χ3n) is 3.95. The molecule has 8 nitrogen and oxygen atoms in total. The van der Waals surface area contributed by atoms with Crippen molar-refractivity contribution in [2.45, 2.75) is 13.5 Å². The number of rotatable bonds is 8. The number of hydrogen-bond donors (Lipinski definition) is 1. The zero-order valence-electron chi connectivity index (χ0n) is 16.5. The number of esters is 1. The average Bonchev–Trinajstić information content (AvgIpc) is 3.23. The number of furan rings is 1. The second kappa shape index (κ2) is 9.11. The van der Waals surface area contributed by atoms with Crippen molar-refractivity contribution < 1.29 is 18.7 Å². The third-order valence-corrected chi connectivity index (χ3v) is 3.95. The highest BCUT2D eigenvalue weighted by atomic mass is 16.5. The number of carbonyl (C=O) groups is 2. The summed E-state index contributed by atoms with van der Waals surface area (Å²) in [5.74, 6) is -0.923. The summed E-state index contributed by atoms with van der Waals surface area (Å²) in [6.45, 7) is 2.68. The lowest BCUT2D eigenvalue weighted by atomic mass is 10.1. The van der Waals surface area contributed by atoms with E-state index in [9.17, 15) is 9.59 Å². The largest absolute Gasteiger partial charge is 0.462 e. The number of hydrogen-bond acceptors (Lipinski definition) is 8. The first-order valence-electron chi connectivity index (χ1n) is 9.11. The molecule has 1 N–H and O–H groups in total. The molecule has 1 aromatic carbocycles. The minimum absolute atomic E-state index is 0.0138. The first-order chi connectivity index (χ1) is 14.0. The molecule has 2 heterocycles. The van der Waals surface area contributed by atoms with Gasteiger partial charge in [-0.1, -0.05) is 12.1 Å². The Hall–Kier alpha value is -3.52. The molecular weight excluding hydrogens is 372 g/mol. The highest BCUT2D eigenvalue weighted by molar-refractivity contribution is 6.11. The molecule has 8 heteroatoms. The highest BCUT2D eigenvalue weighted by Gasteiger charge is 2.24. The smallest absolute Gasteiger partial charge is 0.342 e. The van der Waals surface area contributed by atoms with Crippen LogP contribution in [0, 0.1) is 0 Å². The number of carbonyl (C=O) groups excluding carboxylic acids is 2. The maximum Gasteiger partial charge on any atom is 0.342 e. The predicted molar refractivity (Wildman–Crippen MR) is 107 cm³/mol. The fourth-order valence-corrected chi connectivity index (χ4v) is 2.69. The van der Waals surface area contributed by atoms with Crippen LogP contribution in [0.1, 0.15) is 39.1 Å². The van der Waals surface area contributed by atoms with Crippen LogP contribution in [-0.2, 0) is 11.3 Å². The van der Waals surface area contributed by atoms with Crippen LogP contribution >= 0.6 is 0 Å². The van der Waals surface area contributed by atoms with Crippen LogP contribution in [0.5, 0.6) is 0 Å². The van der Waals surface area contributed by atoms with Gasteiger partial charge in [0.1, 0.15) is 11.3 Å². The summed E-state index contributed by atoms with van der Waals surface area (Å²) in [4.78, 5) is 35.5. The lowest BCUT2D eigenvalue weighted by molar-refractivity contribution is 0.0522. The van der Waals surface area contributed by atoms with Crippen molar-refractivity contribution in [3.8, 4) is 0 Å². The van der Waals surface area contributed by atoms with Gasteiger partial charge in [0.25, 0.3) is 0 Å². The summed E-state index contributed by atoms with van der Waals surface area (Å²) in [6.07, 6.45) is 2.66. The van der Waals surface area contributed by atoms with Crippen LogP contribution in [0.25, 0.3) is 0 Å². The first kappa shape index (κ1) is 20.2. The van der Waals surface area contributed by atoms with Gasteiger partial charge in [-0.05, 0) is 50.8 Å². The molecule has 0 aliphatic rings. The van der Waals surface area contributed by atoms with Gasteiger partial charge in [0.05, 0.1) is 12.9 Å². The molecule has 0 spiro atoms. The molecule has 0 unspecified atom stereocenters. The summed E-state index contributed by atoms with van der Waals surface area (Å²) in [5, 5.41) is 3.05. The van der Waals surface area contributed by atoms with Crippen molar-refractivity contribution in [1.29, 1.82) is 0 Å². The molecule has 3 aromatic rings. The summed E-state index contributed by atoms with van der Waals surface area (Å²) in [6, 6.07) is 10.9. The van der Waals surface area contributed by atoms with Gasteiger partial charge >= 0.3 is 5.97 Å². The number of anilines is 2. The van der Waals surface area contributed by atoms with Crippen molar-refractivity contribution in [3.63, 3.8) is 0 Å². The van der Waals surface area contributed by atoms with Crippen LogP contribution in [0.2, 0.25) is 0 Å². The Morgan fingerprint density at radius 2 is 1.93 bits per heavy atom. The molecule has 0 fully saturated rings. The molecule has 0 aliphatic carbocycles. The normalized spacial score (nSPS) is 10.8. The molecule has 29 heavy (non-hydrogen) atoms. The van der Waals surface area contributed by atoms with Crippen molar-refractivity contribution in [2.24, 2.45) is 0 Å². The number of ether oxygens (including phenoxy) is 1. The zero-order chi connectivity index (χ0) is 20.8. The molecule has 0 bridgehead atoms. The standard InChI is InChI=1S/C21H22N4O4/c1-4-28-20(27)16-12-22-21(24-18(16)19(26)17-6-5-11-29-17)23-15-9-7-14(8-10-15)13-25(2)3/h5-12H,4,13H2,1-3H3,(H,22,23,24). The molecule has 0 aliphatic heterocycles. The monoisotopic (exact) mass is 394 g/mol. The van der Waals surface area contributed by atoms with E-state index in [1.165, 1.54) is 18.5 Å². The molecule has 0 saturated heterocycles. The molecule has 3 rings (SSSR count). The van der Waals surface area contributed by atoms with E-state index in [2.05, 4.69) is 20.2 Å². The van der Waals surface area contributed by atoms with Crippen molar-refractivity contribution in [2.75, 3.05) is 26.0 Å². The molecule has 150 valence electrons. The predicted octanol–water partition coefficient (Wildman–Crippen LogP) is 3.28. The Labute approximate surface area is 168 Å². The number of ketones is 1. The van der Waals surface area contributed by atoms with Crippen LogP contribution in [-0.4, -0.2) is 47.3 Å². The average molecular weight is 394 g/mol. The topological polar surface area (TPSA) is 97.6 Å². The van der Waals surface area contributed by atoms with E-state index in [1.54, 1.807) is 13.0 Å². The lowest BCUT2D eigenvalue weighted by Gasteiger charge is -2.11. The van der Waals surface area contributed by atoms with E-state index in [-0.39, 0.29) is 29.6 Å². The second-order valence-corrected chi connectivity index (χ2v) is 6.54. The number of nitrogens with zero attached hydrogens (tertiary/aromatic N) is 3. The van der Waals surface area contributed by atoms with Gasteiger partial charge < -0.3 is 19.4 Å². The van der Waals surface area contributed by atoms with E-state index in [0.29, 0.717) is 0 Å². The Balaban J connectivity index is 1.89. The molecule has 0 radical (unpaired) electrons. The summed E-state index contributed by atoms with van der Waals surface area (Å²) < 4.78 is 10.2. The second-order valence-electron chi connectivity index (χ2n) is 6.54. The van der Waals surface area contributed by atoms with Gasteiger partial charge in [0.15, 0.2) is 5.76 Å². The summed E-state index contributed by atoms with van der Waals surface area (Å²) >= 11 is 0. The Bertz CT molecular complexity index is 982.